The third kappa shape index (κ3) is 4.20. The zero-order valence-corrected chi connectivity index (χ0v) is 13.7. The number of hydrogen-bond donors (Lipinski definition) is 1. The van der Waals surface area contributed by atoms with Gasteiger partial charge in [-0.3, -0.25) is 4.98 Å². The van der Waals surface area contributed by atoms with Gasteiger partial charge in [-0.1, -0.05) is 41.9 Å². The number of para-hydroxylation sites is 1. The summed E-state index contributed by atoms with van der Waals surface area (Å²) in [7, 11) is 0. The molecule has 2 aromatic carbocycles. The molecule has 4 nitrogen and oxygen atoms in total. The standard InChI is InChI=1S/C17H14ClN3O.ClH/c18-17-16(20-10-11-21-17)15(19)12-6-8-14(9-7-12)22-13-4-2-1-3-5-13;/h1-11,15H,19H2;1H. The fraction of sp³-hybridized carbons (Fsp3) is 0.0588. The second-order valence-electron chi connectivity index (χ2n) is 4.69. The normalized spacial score (nSPS) is 11.4. The maximum atomic E-state index is 6.19. The molecule has 0 aliphatic rings. The topological polar surface area (TPSA) is 61.0 Å². The minimum atomic E-state index is -0.424. The van der Waals surface area contributed by atoms with Gasteiger partial charge in [-0.25, -0.2) is 4.98 Å². The first-order valence-electron chi connectivity index (χ1n) is 6.79. The fourth-order valence-corrected chi connectivity index (χ4v) is 2.29. The van der Waals surface area contributed by atoms with Crippen LogP contribution in [0.3, 0.4) is 0 Å². The molecule has 0 fully saturated rings. The van der Waals surface area contributed by atoms with Crippen LogP contribution in [-0.2, 0) is 0 Å². The Balaban J connectivity index is 0.00000192. The number of nitrogens with zero attached hydrogens (tertiary/aromatic N) is 2. The van der Waals surface area contributed by atoms with Gasteiger partial charge in [0, 0.05) is 12.4 Å². The summed E-state index contributed by atoms with van der Waals surface area (Å²) >= 11 is 6.03. The largest absolute Gasteiger partial charge is 0.457 e. The molecule has 3 rings (SSSR count). The van der Waals surface area contributed by atoms with E-state index in [1.165, 1.54) is 6.20 Å². The first-order valence-corrected chi connectivity index (χ1v) is 7.16. The van der Waals surface area contributed by atoms with E-state index in [1.54, 1.807) is 6.20 Å². The molecule has 0 aliphatic heterocycles. The molecule has 1 heterocycles. The maximum Gasteiger partial charge on any atom is 0.152 e. The number of halogens is 2. The van der Waals surface area contributed by atoms with Crippen LogP contribution < -0.4 is 10.5 Å². The van der Waals surface area contributed by atoms with Crippen molar-refractivity contribution in [3.05, 3.63) is 83.4 Å². The van der Waals surface area contributed by atoms with Crippen molar-refractivity contribution in [2.75, 3.05) is 0 Å². The van der Waals surface area contributed by atoms with Gasteiger partial charge in [-0.05, 0) is 29.8 Å². The van der Waals surface area contributed by atoms with E-state index in [1.807, 2.05) is 54.6 Å². The van der Waals surface area contributed by atoms with Crippen molar-refractivity contribution in [3.63, 3.8) is 0 Å². The quantitative estimate of drug-likeness (QED) is 0.760. The molecule has 0 spiro atoms. The van der Waals surface area contributed by atoms with Crippen LogP contribution in [-0.4, -0.2) is 9.97 Å². The van der Waals surface area contributed by atoms with E-state index in [0.29, 0.717) is 10.8 Å². The van der Waals surface area contributed by atoms with E-state index in [2.05, 4.69) is 9.97 Å². The zero-order chi connectivity index (χ0) is 15.4. The highest BCUT2D eigenvalue weighted by atomic mass is 35.5. The van der Waals surface area contributed by atoms with E-state index >= 15 is 0 Å². The van der Waals surface area contributed by atoms with Crippen molar-refractivity contribution in [2.24, 2.45) is 5.73 Å². The van der Waals surface area contributed by atoms with Gasteiger partial charge in [0.05, 0.1) is 11.7 Å². The summed E-state index contributed by atoms with van der Waals surface area (Å²) in [6, 6.07) is 16.7. The molecule has 6 heteroatoms. The molecule has 0 amide bonds. The van der Waals surface area contributed by atoms with Crippen molar-refractivity contribution in [2.45, 2.75) is 6.04 Å². The van der Waals surface area contributed by atoms with E-state index in [0.717, 1.165) is 17.1 Å². The summed E-state index contributed by atoms with van der Waals surface area (Å²) in [5.41, 5.74) is 7.64. The van der Waals surface area contributed by atoms with Gasteiger partial charge >= 0.3 is 0 Å². The number of benzene rings is 2. The summed E-state index contributed by atoms with van der Waals surface area (Å²) < 4.78 is 5.75. The van der Waals surface area contributed by atoms with Gasteiger partial charge < -0.3 is 10.5 Å². The van der Waals surface area contributed by atoms with Gasteiger partial charge in [0.1, 0.15) is 11.5 Å². The Labute approximate surface area is 145 Å². The molecule has 1 unspecified atom stereocenters. The molecular weight excluding hydrogens is 333 g/mol. The zero-order valence-electron chi connectivity index (χ0n) is 12.1. The van der Waals surface area contributed by atoms with E-state index < -0.39 is 6.04 Å². The van der Waals surface area contributed by atoms with Crippen LogP contribution in [0.1, 0.15) is 17.3 Å². The lowest BCUT2D eigenvalue weighted by atomic mass is 10.1. The Kier molecular flexibility index (Phi) is 5.93. The maximum absolute atomic E-state index is 6.19. The van der Waals surface area contributed by atoms with Crippen LogP contribution >= 0.6 is 24.0 Å². The Morgan fingerprint density at radius 1 is 0.870 bits per heavy atom. The predicted octanol–water partition coefficient (Wildman–Crippen LogP) is 4.39. The second-order valence-corrected chi connectivity index (χ2v) is 5.05. The van der Waals surface area contributed by atoms with E-state index in [-0.39, 0.29) is 12.4 Å². The summed E-state index contributed by atoms with van der Waals surface area (Å²) in [4.78, 5) is 8.19. The summed E-state index contributed by atoms with van der Waals surface area (Å²) in [6.07, 6.45) is 3.11. The average Bonchev–Trinajstić information content (AvgIpc) is 2.56. The average molecular weight is 348 g/mol. The van der Waals surface area contributed by atoms with Crippen LogP contribution in [0, 0.1) is 0 Å². The third-order valence-corrected chi connectivity index (χ3v) is 3.48. The van der Waals surface area contributed by atoms with Gasteiger partial charge in [-0.2, -0.15) is 0 Å². The first kappa shape index (κ1) is 17.2. The first-order chi connectivity index (χ1) is 10.7. The van der Waals surface area contributed by atoms with Crippen molar-refractivity contribution in [1.29, 1.82) is 0 Å². The summed E-state index contributed by atoms with van der Waals surface area (Å²) in [5.74, 6) is 1.53. The Hall–Kier alpha value is -2.14. The van der Waals surface area contributed by atoms with Gasteiger partial charge in [-0.15, -0.1) is 12.4 Å². The molecule has 0 aliphatic carbocycles. The molecule has 2 N–H and O–H groups in total. The Morgan fingerprint density at radius 3 is 2.13 bits per heavy atom. The third-order valence-electron chi connectivity index (χ3n) is 3.19. The number of hydrogen-bond acceptors (Lipinski definition) is 4. The smallest absolute Gasteiger partial charge is 0.152 e. The van der Waals surface area contributed by atoms with Crippen molar-refractivity contribution >= 4 is 24.0 Å². The molecule has 3 aromatic rings. The molecule has 0 saturated carbocycles. The monoisotopic (exact) mass is 347 g/mol. The number of aromatic nitrogens is 2. The molecule has 0 bridgehead atoms. The number of ether oxygens (including phenoxy) is 1. The van der Waals surface area contributed by atoms with Gasteiger partial charge in [0.15, 0.2) is 5.15 Å². The minimum Gasteiger partial charge on any atom is -0.457 e. The highest BCUT2D eigenvalue weighted by Crippen LogP contribution is 2.26. The predicted molar refractivity (Wildman–Crippen MR) is 93.3 cm³/mol. The van der Waals surface area contributed by atoms with Crippen LogP contribution in [0.5, 0.6) is 11.5 Å². The highest BCUT2D eigenvalue weighted by molar-refractivity contribution is 6.30. The Bertz CT molecular complexity index is 751. The van der Waals surface area contributed by atoms with Gasteiger partial charge in [0.25, 0.3) is 0 Å². The number of rotatable bonds is 4. The molecule has 0 radical (unpaired) electrons. The SMILES string of the molecule is Cl.NC(c1ccc(Oc2ccccc2)cc1)c1nccnc1Cl. The van der Waals surface area contributed by atoms with E-state index in [4.69, 9.17) is 22.1 Å². The van der Waals surface area contributed by atoms with E-state index in [9.17, 15) is 0 Å². The van der Waals surface area contributed by atoms with Crippen LogP contribution in [0.25, 0.3) is 0 Å². The Morgan fingerprint density at radius 2 is 1.48 bits per heavy atom. The van der Waals surface area contributed by atoms with Gasteiger partial charge in [0.2, 0.25) is 0 Å². The second kappa shape index (κ2) is 7.92. The minimum absolute atomic E-state index is 0. The summed E-state index contributed by atoms with van der Waals surface area (Å²) in [5, 5.41) is 0.319. The molecule has 0 saturated heterocycles. The molecule has 23 heavy (non-hydrogen) atoms. The lowest BCUT2D eigenvalue weighted by Gasteiger charge is -2.13. The van der Waals surface area contributed by atoms with Crippen molar-refractivity contribution < 1.29 is 4.74 Å². The molecule has 118 valence electrons. The van der Waals surface area contributed by atoms with Crippen molar-refractivity contribution in [3.8, 4) is 11.5 Å². The molecule has 1 aromatic heterocycles. The number of nitrogens with two attached hydrogens (primary N) is 1. The lowest BCUT2D eigenvalue weighted by molar-refractivity contribution is 0.482. The highest BCUT2D eigenvalue weighted by Gasteiger charge is 2.14. The lowest BCUT2D eigenvalue weighted by Crippen LogP contribution is -2.14. The van der Waals surface area contributed by atoms with Crippen LogP contribution in [0.4, 0.5) is 0 Å². The molecule has 1 atom stereocenters. The summed E-state index contributed by atoms with van der Waals surface area (Å²) in [6.45, 7) is 0. The fourth-order valence-electron chi connectivity index (χ4n) is 2.07. The van der Waals surface area contributed by atoms with Crippen molar-refractivity contribution in [1.82, 2.24) is 9.97 Å². The van der Waals surface area contributed by atoms with Crippen LogP contribution in [0.2, 0.25) is 5.15 Å². The van der Waals surface area contributed by atoms with Crippen LogP contribution in [0.15, 0.2) is 67.0 Å². The molecular formula is C17H15Cl2N3O.